The maximum Gasteiger partial charge on any atom is 0.271 e. The normalized spacial score (nSPS) is 21.6. The van der Waals surface area contributed by atoms with E-state index in [0.717, 1.165) is 6.07 Å². The van der Waals surface area contributed by atoms with E-state index in [0.29, 0.717) is 0 Å². The van der Waals surface area contributed by atoms with Crippen molar-refractivity contribution < 1.29 is 38.7 Å². The summed E-state index contributed by atoms with van der Waals surface area (Å²) in [7, 11) is 0. The van der Waals surface area contributed by atoms with E-state index in [-0.39, 0.29) is 40.0 Å². The zero-order valence-corrected chi connectivity index (χ0v) is 19.9. The summed E-state index contributed by atoms with van der Waals surface area (Å²) in [6.45, 7) is 1.08. The Morgan fingerprint density at radius 2 is 1.88 bits per heavy atom. The number of fused-ring (bicyclic) bond motifs is 1. The maximum atomic E-state index is 12.9. The van der Waals surface area contributed by atoms with Crippen LogP contribution in [0.3, 0.4) is 0 Å². The van der Waals surface area contributed by atoms with Gasteiger partial charge < -0.3 is 36.3 Å². The van der Waals surface area contributed by atoms with Crippen LogP contribution in [0.1, 0.15) is 36.5 Å². The van der Waals surface area contributed by atoms with Gasteiger partial charge in [0.2, 0.25) is 17.7 Å². The number of halogens is 1. The van der Waals surface area contributed by atoms with Gasteiger partial charge in [-0.2, -0.15) is 0 Å². The molecule has 14 nitrogen and oxygen atoms in total. The number of non-ortho nitro benzene ring substituents is 1. The molecule has 0 aliphatic carbocycles. The molecule has 0 aromatic heterocycles. The standard InChI is InChI=1S/C19H22IN5O9/c1-8-17(29)24-13(2-3-14(26)27)19(31)23-12(16(21)28)4-5-34-15-10(18(30)22-8)6-9(25(32)33)7-11(15)20/h6-8,12-13H,2-5H2,1H3,(H2,21,28)(H,22,30)(H,23,31)(H,24,29)(H,26,27)/p-1. The molecule has 1 aromatic rings. The molecule has 1 aliphatic heterocycles. The predicted octanol–water partition coefficient (Wildman–Crippen LogP) is -1.91. The Labute approximate surface area is 206 Å². The number of amides is 4. The highest BCUT2D eigenvalue weighted by Crippen LogP contribution is 2.31. The summed E-state index contributed by atoms with van der Waals surface area (Å²) in [6, 6.07) is -1.68. The smallest absolute Gasteiger partial charge is 0.271 e. The Bertz CT molecular complexity index is 1030. The van der Waals surface area contributed by atoms with Gasteiger partial charge in [-0.1, -0.05) is 0 Å². The fourth-order valence-corrected chi connectivity index (χ4v) is 3.77. The van der Waals surface area contributed by atoms with Gasteiger partial charge in [0.05, 0.1) is 20.7 Å². The lowest BCUT2D eigenvalue weighted by Crippen LogP contribution is -2.56. The number of nitro benzene ring substituents is 1. The first-order valence-electron chi connectivity index (χ1n) is 9.92. The minimum absolute atomic E-state index is 0.0188. The minimum atomic E-state index is -1.46. The molecule has 5 N–H and O–H groups in total. The molecule has 4 amide bonds. The minimum Gasteiger partial charge on any atom is -0.550 e. The SMILES string of the molecule is CC1NC(=O)c2cc([N+](=O)[O-])cc(I)c2OCCC(C(N)=O)NC(=O)C(CCC(=O)[O-])NC1=O. The van der Waals surface area contributed by atoms with Crippen LogP contribution in [0.25, 0.3) is 0 Å². The number of carbonyl (C=O) groups is 5. The molecule has 0 fully saturated rings. The molecule has 184 valence electrons. The number of nitrogens with two attached hydrogens (primary N) is 1. The molecule has 0 bridgehead atoms. The van der Waals surface area contributed by atoms with Crippen molar-refractivity contribution >= 4 is 57.9 Å². The van der Waals surface area contributed by atoms with Crippen LogP contribution in [0.4, 0.5) is 5.69 Å². The third-order valence-electron chi connectivity index (χ3n) is 4.81. The van der Waals surface area contributed by atoms with Crippen LogP contribution >= 0.6 is 22.6 Å². The number of ether oxygens (including phenoxy) is 1. The number of carboxylic acids is 1. The molecule has 0 radical (unpaired) electrons. The summed E-state index contributed by atoms with van der Waals surface area (Å²) in [4.78, 5) is 71.3. The Balaban J connectivity index is 2.46. The van der Waals surface area contributed by atoms with Crippen LogP contribution in [-0.4, -0.2) is 59.3 Å². The van der Waals surface area contributed by atoms with E-state index in [1.807, 2.05) is 0 Å². The molecule has 1 heterocycles. The summed E-state index contributed by atoms with van der Waals surface area (Å²) in [5.41, 5.74) is 4.74. The van der Waals surface area contributed by atoms with Crippen molar-refractivity contribution in [2.75, 3.05) is 6.61 Å². The lowest BCUT2D eigenvalue weighted by Gasteiger charge is -2.25. The number of primary amides is 1. The van der Waals surface area contributed by atoms with Crippen molar-refractivity contribution in [1.82, 2.24) is 16.0 Å². The van der Waals surface area contributed by atoms with Crippen molar-refractivity contribution in [3.05, 3.63) is 31.4 Å². The Hall–Kier alpha value is -3.50. The second-order valence-corrected chi connectivity index (χ2v) is 8.49. The maximum absolute atomic E-state index is 12.9. The predicted molar refractivity (Wildman–Crippen MR) is 120 cm³/mol. The lowest BCUT2D eigenvalue weighted by molar-refractivity contribution is -0.385. The van der Waals surface area contributed by atoms with Crippen LogP contribution in [0.2, 0.25) is 0 Å². The van der Waals surface area contributed by atoms with Crippen molar-refractivity contribution in [3.63, 3.8) is 0 Å². The summed E-state index contributed by atoms with van der Waals surface area (Å²) in [5.74, 6) is -4.97. The molecule has 0 spiro atoms. The number of hydrogen-bond donors (Lipinski definition) is 4. The summed E-state index contributed by atoms with van der Waals surface area (Å²) >= 11 is 1.74. The van der Waals surface area contributed by atoms with Crippen molar-refractivity contribution in [2.24, 2.45) is 5.73 Å². The molecular weight excluding hydrogens is 569 g/mol. The molecule has 1 aromatic carbocycles. The van der Waals surface area contributed by atoms with Crippen LogP contribution < -0.4 is 31.5 Å². The number of benzene rings is 1. The number of carbonyl (C=O) groups excluding carboxylic acids is 5. The Kier molecular flexibility index (Phi) is 9.11. The number of hydrogen-bond acceptors (Lipinski definition) is 9. The monoisotopic (exact) mass is 590 g/mol. The number of carboxylic acid groups (broad SMARTS) is 1. The molecule has 1 aliphatic rings. The van der Waals surface area contributed by atoms with E-state index in [9.17, 15) is 39.2 Å². The Morgan fingerprint density at radius 1 is 1.21 bits per heavy atom. The third-order valence-corrected chi connectivity index (χ3v) is 5.61. The molecule has 0 saturated heterocycles. The van der Waals surface area contributed by atoms with Crippen LogP contribution in [0, 0.1) is 13.7 Å². The summed E-state index contributed by atoms with van der Waals surface area (Å²) in [6.07, 6.45) is -1.07. The first-order chi connectivity index (χ1) is 15.9. The van der Waals surface area contributed by atoms with E-state index in [4.69, 9.17) is 10.5 Å². The first kappa shape index (κ1) is 26.7. The van der Waals surface area contributed by atoms with Crippen molar-refractivity contribution in [2.45, 2.75) is 44.3 Å². The van der Waals surface area contributed by atoms with Gasteiger partial charge in [0.25, 0.3) is 11.6 Å². The third kappa shape index (κ3) is 7.00. The summed E-state index contributed by atoms with van der Waals surface area (Å²) < 4.78 is 5.84. The fraction of sp³-hybridized carbons (Fsp3) is 0.421. The highest BCUT2D eigenvalue weighted by molar-refractivity contribution is 14.1. The molecule has 15 heteroatoms. The van der Waals surface area contributed by atoms with E-state index in [1.54, 1.807) is 22.6 Å². The number of nitrogens with one attached hydrogen (secondary N) is 3. The van der Waals surface area contributed by atoms with Gasteiger partial charge in [0, 0.05) is 24.5 Å². The number of rotatable bonds is 5. The Morgan fingerprint density at radius 3 is 2.47 bits per heavy atom. The largest absolute Gasteiger partial charge is 0.550 e. The van der Waals surface area contributed by atoms with Gasteiger partial charge in [0.15, 0.2) is 0 Å². The van der Waals surface area contributed by atoms with Gasteiger partial charge in [0.1, 0.15) is 23.9 Å². The topological polar surface area (TPSA) is 223 Å². The van der Waals surface area contributed by atoms with E-state index in [1.165, 1.54) is 13.0 Å². The molecule has 2 rings (SSSR count). The van der Waals surface area contributed by atoms with Gasteiger partial charge in [-0.3, -0.25) is 29.3 Å². The second-order valence-electron chi connectivity index (χ2n) is 7.33. The average molecular weight is 590 g/mol. The number of nitrogens with zero attached hydrogens (tertiary/aromatic N) is 1. The molecular formula is C19H21IN5O9-. The van der Waals surface area contributed by atoms with Gasteiger partial charge in [-0.05, 0) is 42.4 Å². The van der Waals surface area contributed by atoms with Crippen molar-refractivity contribution in [3.8, 4) is 5.75 Å². The van der Waals surface area contributed by atoms with E-state index < -0.39 is 59.1 Å². The van der Waals surface area contributed by atoms with Gasteiger partial charge >= 0.3 is 0 Å². The van der Waals surface area contributed by atoms with Crippen molar-refractivity contribution in [1.29, 1.82) is 0 Å². The lowest BCUT2D eigenvalue weighted by atomic mass is 10.1. The quantitative estimate of drug-likeness (QED) is 0.170. The van der Waals surface area contributed by atoms with Gasteiger partial charge in [-0.25, -0.2) is 0 Å². The number of nitro groups is 1. The zero-order valence-electron chi connectivity index (χ0n) is 17.8. The van der Waals surface area contributed by atoms with Crippen LogP contribution in [-0.2, 0) is 19.2 Å². The van der Waals surface area contributed by atoms with E-state index in [2.05, 4.69) is 16.0 Å². The molecule has 3 atom stereocenters. The van der Waals surface area contributed by atoms with Crippen LogP contribution in [0.15, 0.2) is 12.1 Å². The van der Waals surface area contributed by atoms with Crippen LogP contribution in [0.5, 0.6) is 5.75 Å². The highest BCUT2D eigenvalue weighted by Gasteiger charge is 2.30. The summed E-state index contributed by atoms with van der Waals surface area (Å²) in [5, 5.41) is 29.1. The number of aliphatic carboxylic acids is 1. The molecule has 0 saturated carbocycles. The molecule has 34 heavy (non-hydrogen) atoms. The second kappa shape index (κ2) is 11.6. The van der Waals surface area contributed by atoms with E-state index >= 15 is 0 Å². The van der Waals surface area contributed by atoms with Gasteiger partial charge in [-0.15, -0.1) is 0 Å². The highest BCUT2D eigenvalue weighted by atomic mass is 127. The average Bonchev–Trinajstić information content (AvgIpc) is 2.74. The fourth-order valence-electron chi connectivity index (χ4n) is 3.00. The zero-order chi connectivity index (χ0) is 25.6. The molecule has 3 unspecified atom stereocenters. The first-order valence-corrected chi connectivity index (χ1v) is 11.0.